The first-order valence-electron chi connectivity index (χ1n) is 7.40. The van der Waals surface area contributed by atoms with Gasteiger partial charge in [0.15, 0.2) is 5.96 Å². The quantitative estimate of drug-likeness (QED) is 0.479. The van der Waals surface area contributed by atoms with Crippen molar-refractivity contribution in [2.24, 2.45) is 4.99 Å². The molecule has 0 amide bonds. The molecule has 0 saturated heterocycles. The third-order valence-corrected chi connectivity index (χ3v) is 4.18. The molecule has 1 fully saturated rings. The van der Waals surface area contributed by atoms with Crippen LogP contribution in [0.2, 0.25) is 0 Å². The first-order valence-corrected chi connectivity index (χ1v) is 7.40. The molecule has 0 spiro atoms. The standard InChI is InChI=1S/C16H24FN3O/c1-18-15(19-10-11-21-2)20-12-16(8-3-9-16)13-4-6-14(17)7-5-13/h4-7H,3,8-12H2,1-2H3,(H2,18,19,20). The largest absolute Gasteiger partial charge is 0.383 e. The Labute approximate surface area is 125 Å². The molecule has 1 aliphatic carbocycles. The molecule has 0 unspecified atom stereocenters. The van der Waals surface area contributed by atoms with Crippen LogP contribution in [0.25, 0.3) is 0 Å². The van der Waals surface area contributed by atoms with Crippen LogP contribution in [0.15, 0.2) is 29.3 Å². The molecule has 2 N–H and O–H groups in total. The van der Waals surface area contributed by atoms with Gasteiger partial charge in [0.05, 0.1) is 6.61 Å². The van der Waals surface area contributed by atoms with Crippen LogP contribution in [0.5, 0.6) is 0 Å². The maximum Gasteiger partial charge on any atom is 0.191 e. The van der Waals surface area contributed by atoms with Crippen molar-refractivity contribution in [1.29, 1.82) is 0 Å². The third kappa shape index (κ3) is 3.94. The molecule has 1 saturated carbocycles. The third-order valence-electron chi connectivity index (χ3n) is 4.18. The molecule has 4 nitrogen and oxygen atoms in total. The number of halogens is 1. The summed E-state index contributed by atoms with van der Waals surface area (Å²) in [5.74, 6) is 0.596. The van der Waals surface area contributed by atoms with Gasteiger partial charge in [0.2, 0.25) is 0 Å². The predicted molar refractivity (Wildman–Crippen MR) is 83.2 cm³/mol. The smallest absolute Gasteiger partial charge is 0.191 e. The van der Waals surface area contributed by atoms with Crippen molar-refractivity contribution in [3.05, 3.63) is 35.6 Å². The predicted octanol–water partition coefficient (Wildman–Crippen LogP) is 2.06. The first kappa shape index (κ1) is 15.8. The number of nitrogens with zero attached hydrogens (tertiary/aromatic N) is 1. The minimum atomic E-state index is -0.182. The number of hydrogen-bond acceptors (Lipinski definition) is 2. The van der Waals surface area contributed by atoms with Crippen LogP contribution < -0.4 is 10.6 Å². The molecule has 1 aliphatic rings. The molecule has 2 rings (SSSR count). The summed E-state index contributed by atoms with van der Waals surface area (Å²) in [5.41, 5.74) is 1.31. The maximum absolute atomic E-state index is 13.1. The van der Waals surface area contributed by atoms with Gasteiger partial charge in [-0.05, 0) is 30.5 Å². The van der Waals surface area contributed by atoms with Crippen molar-refractivity contribution in [2.75, 3.05) is 33.9 Å². The summed E-state index contributed by atoms with van der Waals surface area (Å²) in [7, 11) is 3.43. The number of benzene rings is 1. The summed E-state index contributed by atoms with van der Waals surface area (Å²) < 4.78 is 18.1. The second kappa shape index (κ2) is 7.41. The van der Waals surface area contributed by atoms with Gasteiger partial charge in [0, 0.05) is 32.7 Å². The lowest BCUT2D eigenvalue weighted by Crippen LogP contribution is -2.49. The van der Waals surface area contributed by atoms with E-state index < -0.39 is 0 Å². The summed E-state index contributed by atoms with van der Waals surface area (Å²) in [4.78, 5) is 4.21. The Bertz CT molecular complexity index is 469. The van der Waals surface area contributed by atoms with Gasteiger partial charge in [-0.2, -0.15) is 0 Å². The lowest BCUT2D eigenvalue weighted by Gasteiger charge is -2.43. The van der Waals surface area contributed by atoms with Gasteiger partial charge >= 0.3 is 0 Å². The Hall–Kier alpha value is -1.62. The zero-order chi connectivity index (χ0) is 15.1. The number of methoxy groups -OCH3 is 1. The highest BCUT2D eigenvalue weighted by Gasteiger charge is 2.38. The fourth-order valence-electron chi connectivity index (χ4n) is 2.72. The molecule has 1 aromatic rings. The van der Waals surface area contributed by atoms with Crippen LogP contribution in [0.3, 0.4) is 0 Å². The molecule has 21 heavy (non-hydrogen) atoms. The van der Waals surface area contributed by atoms with Crippen LogP contribution >= 0.6 is 0 Å². The number of rotatable bonds is 6. The number of ether oxygens (including phenoxy) is 1. The molecular formula is C16H24FN3O. The maximum atomic E-state index is 13.1. The number of aliphatic imine (C=N–C) groups is 1. The summed E-state index contributed by atoms with van der Waals surface area (Å²) in [5, 5.41) is 6.58. The average Bonchev–Trinajstić information content (AvgIpc) is 2.46. The van der Waals surface area contributed by atoms with Gasteiger partial charge in [-0.15, -0.1) is 0 Å². The Morgan fingerprint density at radius 2 is 2.00 bits per heavy atom. The zero-order valence-corrected chi connectivity index (χ0v) is 12.8. The van der Waals surface area contributed by atoms with E-state index in [0.29, 0.717) is 6.61 Å². The van der Waals surface area contributed by atoms with Crippen LogP contribution in [-0.2, 0) is 10.2 Å². The van der Waals surface area contributed by atoms with Crippen molar-refractivity contribution >= 4 is 5.96 Å². The molecule has 1 aromatic carbocycles. The monoisotopic (exact) mass is 293 g/mol. The summed E-state index contributed by atoms with van der Waals surface area (Å²) in [6, 6.07) is 6.89. The van der Waals surface area contributed by atoms with E-state index in [2.05, 4.69) is 15.6 Å². The number of hydrogen-bond donors (Lipinski definition) is 2. The van der Waals surface area contributed by atoms with E-state index in [0.717, 1.165) is 31.9 Å². The molecule has 0 bridgehead atoms. The summed E-state index contributed by atoms with van der Waals surface area (Å²) in [6.07, 6.45) is 3.47. The first-order chi connectivity index (χ1) is 10.2. The molecule has 0 aliphatic heterocycles. The Kier molecular flexibility index (Phi) is 5.56. The minimum Gasteiger partial charge on any atom is -0.383 e. The van der Waals surface area contributed by atoms with E-state index in [1.165, 1.54) is 12.0 Å². The normalized spacial score (nSPS) is 17.2. The van der Waals surface area contributed by atoms with Gasteiger partial charge in [-0.3, -0.25) is 4.99 Å². The highest BCUT2D eigenvalue weighted by atomic mass is 19.1. The number of nitrogens with one attached hydrogen (secondary N) is 2. The zero-order valence-electron chi connectivity index (χ0n) is 12.8. The van der Waals surface area contributed by atoms with Gasteiger partial charge in [0.1, 0.15) is 5.82 Å². The van der Waals surface area contributed by atoms with E-state index in [1.807, 2.05) is 12.1 Å². The highest BCUT2D eigenvalue weighted by Crippen LogP contribution is 2.43. The van der Waals surface area contributed by atoms with Crippen LogP contribution in [0.4, 0.5) is 4.39 Å². The Balaban J connectivity index is 1.94. The number of guanidine groups is 1. The fraction of sp³-hybridized carbons (Fsp3) is 0.562. The van der Waals surface area contributed by atoms with E-state index >= 15 is 0 Å². The van der Waals surface area contributed by atoms with Gasteiger partial charge in [-0.1, -0.05) is 18.6 Å². The van der Waals surface area contributed by atoms with Crippen molar-refractivity contribution in [3.8, 4) is 0 Å². The summed E-state index contributed by atoms with van der Waals surface area (Å²) in [6.45, 7) is 2.18. The van der Waals surface area contributed by atoms with Crippen molar-refractivity contribution in [2.45, 2.75) is 24.7 Å². The lowest BCUT2D eigenvalue weighted by molar-refractivity contribution is 0.203. The van der Waals surface area contributed by atoms with Gasteiger partial charge in [0.25, 0.3) is 0 Å². The highest BCUT2D eigenvalue weighted by molar-refractivity contribution is 5.79. The molecule has 0 heterocycles. The molecule has 116 valence electrons. The molecule has 0 radical (unpaired) electrons. The SMILES string of the molecule is CN=C(NCCOC)NCC1(c2ccc(F)cc2)CCC1. The topological polar surface area (TPSA) is 45.7 Å². The fourth-order valence-corrected chi connectivity index (χ4v) is 2.72. The molecule has 0 atom stereocenters. The van der Waals surface area contributed by atoms with E-state index in [-0.39, 0.29) is 11.2 Å². The average molecular weight is 293 g/mol. The van der Waals surface area contributed by atoms with Gasteiger partial charge < -0.3 is 15.4 Å². The van der Waals surface area contributed by atoms with Crippen molar-refractivity contribution < 1.29 is 9.13 Å². The van der Waals surface area contributed by atoms with Crippen LogP contribution in [0, 0.1) is 5.82 Å². The van der Waals surface area contributed by atoms with Crippen LogP contribution in [-0.4, -0.2) is 39.8 Å². The van der Waals surface area contributed by atoms with E-state index in [9.17, 15) is 4.39 Å². The Morgan fingerprint density at radius 1 is 1.29 bits per heavy atom. The van der Waals surface area contributed by atoms with E-state index in [1.54, 1.807) is 26.3 Å². The lowest BCUT2D eigenvalue weighted by atomic mass is 9.64. The Morgan fingerprint density at radius 3 is 2.52 bits per heavy atom. The van der Waals surface area contributed by atoms with Gasteiger partial charge in [-0.25, -0.2) is 4.39 Å². The second-order valence-electron chi connectivity index (χ2n) is 5.49. The molecule has 5 heteroatoms. The summed E-state index contributed by atoms with van der Waals surface area (Å²) >= 11 is 0. The van der Waals surface area contributed by atoms with Crippen molar-refractivity contribution in [1.82, 2.24) is 10.6 Å². The molecular weight excluding hydrogens is 269 g/mol. The van der Waals surface area contributed by atoms with Crippen molar-refractivity contribution in [3.63, 3.8) is 0 Å². The minimum absolute atomic E-state index is 0.104. The van der Waals surface area contributed by atoms with E-state index in [4.69, 9.17) is 4.74 Å². The second-order valence-corrected chi connectivity index (χ2v) is 5.49. The molecule has 0 aromatic heterocycles. The van der Waals surface area contributed by atoms with Crippen LogP contribution in [0.1, 0.15) is 24.8 Å².